The van der Waals surface area contributed by atoms with Gasteiger partial charge in [-0.15, -0.1) is 0 Å². The summed E-state index contributed by atoms with van der Waals surface area (Å²) in [5.41, 5.74) is 0. The summed E-state index contributed by atoms with van der Waals surface area (Å²) in [6.45, 7) is 9.18. The molecule has 2 atom stereocenters. The Balaban J connectivity index is 0. The van der Waals surface area contributed by atoms with Gasteiger partial charge in [-0.3, -0.25) is 10.1 Å². The van der Waals surface area contributed by atoms with Crippen molar-refractivity contribution >= 4 is 0 Å². The maximum atomic E-state index is 8.81. The van der Waals surface area contributed by atoms with E-state index >= 15 is 0 Å². The van der Waals surface area contributed by atoms with Gasteiger partial charge in [-0.2, -0.15) is 0 Å². The van der Waals surface area contributed by atoms with Gasteiger partial charge in [-0.25, -0.2) is 0 Å². The largest absolute Gasteiger partial charge is 0.265 e. The van der Waals surface area contributed by atoms with Gasteiger partial charge in [0.2, 0.25) is 0 Å². The molecule has 0 rings (SSSR count). The van der Waals surface area contributed by atoms with Gasteiger partial charge >= 0.3 is 0 Å². The van der Waals surface area contributed by atoms with Crippen molar-refractivity contribution in [2.75, 3.05) is 7.05 Å². The molecule has 12 heavy (non-hydrogen) atoms. The summed E-state index contributed by atoms with van der Waals surface area (Å²) in [5.74, 6) is 1.83. The fourth-order valence-corrected chi connectivity index (χ4v) is 0.805. The molecule has 0 spiro atoms. The topological polar surface area (TPSA) is 43.1 Å². The molecule has 3 heteroatoms. The molecule has 0 N–H and O–H groups in total. The van der Waals surface area contributed by atoms with Gasteiger partial charge in [0.15, 0.2) is 7.05 Å². The Labute approximate surface area is 75.3 Å². The standard InChI is InChI=1S/C8H18.CH3NO2/c1-5-7(3)8(4)6-2;1-2(3)4/h7-8H,5-6H2,1-4H3;1H3/t7-,8?;/m1./s1. The molecule has 0 radical (unpaired) electrons. The van der Waals surface area contributed by atoms with Crippen LogP contribution in [0.15, 0.2) is 0 Å². The van der Waals surface area contributed by atoms with E-state index in [1.807, 2.05) is 0 Å². The van der Waals surface area contributed by atoms with Crippen molar-refractivity contribution in [3.63, 3.8) is 0 Å². The average Bonchev–Trinajstić information content (AvgIpc) is 2.00. The van der Waals surface area contributed by atoms with Gasteiger partial charge in [-0.05, 0) is 11.8 Å². The van der Waals surface area contributed by atoms with E-state index in [0.717, 1.165) is 18.9 Å². The molecule has 0 aromatic carbocycles. The van der Waals surface area contributed by atoms with Crippen LogP contribution in [0, 0.1) is 22.0 Å². The summed E-state index contributed by atoms with van der Waals surface area (Å²) in [5, 5.41) is 8.81. The fraction of sp³-hybridized carbons (Fsp3) is 1.00. The normalized spacial score (nSPS) is 14.1. The van der Waals surface area contributed by atoms with Crippen LogP contribution in [-0.4, -0.2) is 12.0 Å². The molecule has 0 aliphatic carbocycles. The Morgan fingerprint density at radius 2 is 1.33 bits per heavy atom. The number of rotatable bonds is 3. The second kappa shape index (κ2) is 8.50. The van der Waals surface area contributed by atoms with E-state index in [9.17, 15) is 0 Å². The third-order valence-electron chi connectivity index (χ3n) is 2.26. The zero-order valence-corrected chi connectivity index (χ0v) is 8.83. The van der Waals surface area contributed by atoms with E-state index in [1.54, 1.807) is 0 Å². The highest BCUT2D eigenvalue weighted by molar-refractivity contribution is 4.56. The van der Waals surface area contributed by atoms with Crippen LogP contribution in [-0.2, 0) is 0 Å². The van der Waals surface area contributed by atoms with Crippen LogP contribution >= 0.6 is 0 Å². The SMILES string of the molecule is CCC(C)[C@H](C)CC.C[N+](=O)[O-]. The number of nitro groups is 1. The van der Waals surface area contributed by atoms with E-state index in [1.165, 1.54) is 12.8 Å². The maximum absolute atomic E-state index is 8.81. The number of hydrogen-bond acceptors (Lipinski definition) is 2. The summed E-state index contributed by atoms with van der Waals surface area (Å²) >= 11 is 0. The molecule has 0 aromatic rings. The molecule has 0 amide bonds. The molecule has 0 aromatic heterocycles. The lowest BCUT2D eigenvalue weighted by Gasteiger charge is -2.14. The third-order valence-corrected chi connectivity index (χ3v) is 2.26. The molecule has 74 valence electrons. The Morgan fingerprint density at radius 1 is 1.17 bits per heavy atom. The minimum atomic E-state index is -0.500. The van der Waals surface area contributed by atoms with Crippen LogP contribution in [0.4, 0.5) is 0 Å². The van der Waals surface area contributed by atoms with Crippen molar-refractivity contribution < 1.29 is 4.92 Å². The van der Waals surface area contributed by atoms with Crippen molar-refractivity contribution in [3.8, 4) is 0 Å². The van der Waals surface area contributed by atoms with E-state index in [2.05, 4.69) is 27.7 Å². The lowest BCUT2D eigenvalue weighted by Crippen LogP contribution is -2.04. The number of hydrogen-bond donors (Lipinski definition) is 0. The summed E-state index contributed by atoms with van der Waals surface area (Å²) in [7, 11) is 0.889. The molecular weight excluding hydrogens is 154 g/mol. The van der Waals surface area contributed by atoms with Crippen molar-refractivity contribution in [2.45, 2.75) is 40.5 Å². The molecule has 0 saturated heterocycles. The predicted molar refractivity (Wildman–Crippen MR) is 51.8 cm³/mol. The third kappa shape index (κ3) is 12.1. The van der Waals surface area contributed by atoms with Crippen molar-refractivity contribution in [1.29, 1.82) is 0 Å². The van der Waals surface area contributed by atoms with E-state index in [-0.39, 0.29) is 0 Å². The van der Waals surface area contributed by atoms with Gasteiger partial charge in [0.05, 0.1) is 0 Å². The highest BCUT2D eigenvalue weighted by Gasteiger charge is 2.05. The molecule has 0 aliphatic rings. The first-order valence-corrected chi connectivity index (χ1v) is 4.53. The first kappa shape index (κ1) is 14.0. The van der Waals surface area contributed by atoms with E-state index < -0.39 is 4.92 Å². The van der Waals surface area contributed by atoms with Gasteiger partial charge in [-0.1, -0.05) is 40.5 Å². The molecular formula is C9H21NO2. The molecule has 1 unspecified atom stereocenters. The Hall–Kier alpha value is -0.600. The lowest BCUT2D eigenvalue weighted by atomic mass is 9.92. The molecule has 0 bridgehead atoms. The minimum absolute atomic E-state index is 0.500. The van der Waals surface area contributed by atoms with Crippen LogP contribution in [0.5, 0.6) is 0 Å². The first-order valence-electron chi connectivity index (χ1n) is 4.53. The van der Waals surface area contributed by atoms with Crippen LogP contribution < -0.4 is 0 Å². The highest BCUT2D eigenvalue weighted by Crippen LogP contribution is 2.16. The van der Waals surface area contributed by atoms with Crippen molar-refractivity contribution in [3.05, 3.63) is 10.1 Å². The van der Waals surface area contributed by atoms with E-state index in [0.29, 0.717) is 0 Å². The lowest BCUT2D eigenvalue weighted by molar-refractivity contribution is -0.445. The number of nitrogens with zero attached hydrogens (tertiary/aromatic N) is 1. The van der Waals surface area contributed by atoms with Gasteiger partial charge in [0.25, 0.3) is 0 Å². The van der Waals surface area contributed by atoms with Gasteiger partial charge in [0.1, 0.15) is 0 Å². The Kier molecular flexibility index (Phi) is 9.88. The molecule has 3 nitrogen and oxygen atoms in total. The zero-order valence-electron chi connectivity index (χ0n) is 8.83. The fourth-order valence-electron chi connectivity index (χ4n) is 0.805. The predicted octanol–water partition coefficient (Wildman–Crippen LogP) is 2.97. The van der Waals surface area contributed by atoms with Crippen LogP contribution in [0.25, 0.3) is 0 Å². The van der Waals surface area contributed by atoms with Crippen molar-refractivity contribution in [2.24, 2.45) is 11.8 Å². The Bertz CT molecular complexity index is 103. The van der Waals surface area contributed by atoms with Crippen LogP contribution in [0.2, 0.25) is 0 Å². The Morgan fingerprint density at radius 3 is 1.42 bits per heavy atom. The quantitative estimate of drug-likeness (QED) is 0.489. The summed E-state index contributed by atoms with van der Waals surface area (Å²) in [6.07, 6.45) is 2.66. The second-order valence-corrected chi connectivity index (χ2v) is 3.21. The monoisotopic (exact) mass is 175 g/mol. The first-order chi connectivity index (χ1) is 5.45. The van der Waals surface area contributed by atoms with Crippen molar-refractivity contribution in [1.82, 2.24) is 0 Å². The van der Waals surface area contributed by atoms with Gasteiger partial charge in [0, 0.05) is 4.92 Å². The summed E-state index contributed by atoms with van der Waals surface area (Å²) < 4.78 is 0. The highest BCUT2D eigenvalue weighted by atomic mass is 16.6. The zero-order chi connectivity index (χ0) is 10.1. The minimum Gasteiger partial charge on any atom is -0.265 e. The second-order valence-electron chi connectivity index (χ2n) is 3.21. The van der Waals surface area contributed by atoms with Crippen LogP contribution in [0.1, 0.15) is 40.5 Å². The molecule has 0 heterocycles. The smallest absolute Gasteiger partial charge is 0.194 e. The average molecular weight is 175 g/mol. The summed E-state index contributed by atoms with van der Waals surface area (Å²) in [4.78, 5) is 8.31. The molecule has 0 aliphatic heterocycles. The van der Waals surface area contributed by atoms with Gasteiger partial charge < -0.3 is 0 Å². The van der Waals surface area contributed by atoms with Crippen LogP contribution in [0.3, 0.4) is 0 Å². The molecule has 0 fully saturated rings. The van der Waals surface area contributed by atoms with E-state index in [4.69, 9.17) is 10.1 Å². The maximum Gasteiger partial charge on any atom is 0.194 e. The molecule has 0 saturated carbocycles. The summed E-state index contributed by atoms with van der Waals surface area (Å²) in [6, 6.07) is 0.